The molecular formula is C26H31NO6. The lowest BCUT2D eigenvalue weighted by Gasteiger charge is -2.24. The number of ether oxygens (including phenoxy) is 4. The third-order valence-corrected chi connectivity index (χ3v) is 4.84. The van der Waals surface area contributed by atoms with Gasteiger partial charge in [0.1, 0.15) is 23.0 Å². The van der Waals surface area contributed by atoms with Crippen LogP contribution in [0, 0.1) is 24.7 Å². The van der Waals surface area contributed by atoms with E-state index in [9.17, 15) is 4.79 Å². The molecule has 1 saturated heterocycles. The fraction of sp³-hybridized carbons (Fsp3) is 0.423. The Balaban J connectivity index is 1.75. The average molecular weight is 454 g/mol. The van der Waals surface area contributed by atoms with Crippen molar-refractivity contribution >= 4 is 5.97 Å². The maximum atomic E-state index is 10.7. The van der Waals surface area contributed by atoms with Crippen LogP contribution in [0.15, 0.2) is 36.4 Å². The quantitative estimate of drug-likeness (QED) is 0.576. The zero-order valence-corrected chi connectivity index (χ0v) is 19.4. The van der Waals surface area contributed by atoms with Crippen LogP contribution in [0.5, 0.6) is 23.0 Å². The number of hydrogen-bond acceptors (Lipinski definition) is 6. The minimum atomic E-state index is -1.02. The molecule has 0 unspecified atom stereocenters. The second-order valence-corrected chi connectivity index (χ2v) is 8.30. The van der Waals surface area contributed by atoms with Crippen molar-refractivity contribution in [2.75, 3.05) is 46.1 Å². The molecule has 1 fully saturated rings. The molecule has 0 radical (unpaired) electrons. The molecule has 1 N–H and O–H groups in total. The summed E-state index contributed by atoms with van der Waals surface area (Å²) < 4.78 is 22.7. The highest BCUT2D eigenvalue weighted by Gasteiger charge is 2.10. The van der Waals surface area contributed by atoms with Gasteiger partial charge in [0.05, 0.1) is 26.4 Å². The van der Waals surface area contributed by atoms with Crippen LogP contribution < -0.4 is 14.2 Å². The van der Waals surface area contributed by atoms with Crippen molar-refractivity contribution in [3.05, 3.63) is 47.5 Å². The summed E-state index contributed by atoms with van der Waals surface area (Å²) in [6.07, 6.45) is 0. The normalized spacial score (nSPS) is 13.8. The van der Waals surface area contributed by atoms with Crippen LogP contribution in [0.25, 0.3) is 0 Å². The molecule has 1 aliphatic heterocycles. The Hall–Kier alpha value is -3.21. The molecule has 3 rings (SSSR count). The Morgan fingerprint density at radius 1 is 1.09 bits per heavy atom. The molecule has 0 aliphatic carbocycles. The van der Waals surface area contributed by atoms with Gasteiger partial charge in [0.25, 0.3) is 0 Å². The largest absolute Gasteiger partial charge is 0.493 e. The number of carboxylic acids is 1. The van der Waals surface area contributed by atoms with Crippen LogP contribution >= 0.6 is 0 Å². The fourth-order valence-electron chi connectivity index (χ4n) is 3.18. The van der Waals surface area contributed by atoms with Crippen molar-refractivity contribution in [1.82, 2.24) is 4.90 Å². The van der Waals surface area contributed by atoms with Gasteiger partial charge in [0.2, 0.25) is 0 Å². The molecule has 0 aromatic heterocycles. The average Bonchev–Trinajstić information content (AvgIpc) is 2.78. The van der Waals surface area contributed by atoms with Crippen LogP contribution in [-0.4, -0.2) is 62.0 Å². The molecule has 7 heteroatoms. The lowest BCUT2D eigenvalue weighted by atomic mass is 10.2. The molecule has 0 bridgehead atoms. The highest BCUT2D eigenvalue weighted by molar-refractivity contribution is 5.68. The lowest BCUT2D eigenvalue weighted by Crippen LogP contribution is -2.36. The van der Waals surface area contributed by atoms with E-state index in [1.54, 1.807) is 12.1 Å². The fourth-order valence-corrected chi connectivity index (χ4v) is 3.18. The van der Waals surface area contributed by atoms with Crippen molar-refractivity contribution in [1.29, 1.82) is 0 Å². The molecule has 1 aliphatic rings. The Morgan fingerprint density at radius 3 is 2.55 bits per heavy atom. The molecule has 0 amide bonds. The first-order valence-corrected chi connectivity index (χ1v) is 11.1. The summed E-state index contributed by atoms with van der Waals surface area (Å²) in [5.74, 6) is 8.28. The summed E-state index contributed by atoms with van der Waals surface area (Å²) in [4.78, 5) is 13.0. The predicted octanol–water partition coefficient (Wildman–Crippen LogP) is 3.97. The van der Waals surface area contributed by atoms with Crippen molar-refractivity contribution in [3.8, 4) is 34.8 Å². The highest BCUT2D eigenvalue weighted by Crippen LogP contribution is 2.30. The second kappa shape index (κ2) is 12.1. The van der Waals surface area contributed by atoms with Crippen LogP contribution in [0.1, 0.15) is 25.0 Å². The maximum Gasteiger partial charge on any atom is 0.341 e. The van der Waals surface area contributed by atoms with E-state index in [1.165, 1.54) is 0 Å². The second-order valence-electron chi connectivity index (χ2n) is 8.30. The number of hydrogen-bond donors (Lipinski definition) is 1. The van der Waals surface area contributed by atoms with Gasteiger partial charge in [-0.2, -0.15) is 0 Å². The van der Waals surface area contributed by atoms with Crippen LogP contribution in [0.2, 0.25) is 0 Å². The Morgan fingerprint density at radius 2 is 1.85 bits per heavy atom. The van der Waals surface area contributed by atoms with E-state index in [0.717, 1.165) is 37.4 Å². The van der Waals surface area contributed by atoms with Gasteiger partial charge in [0.15, 0.2) is 6.61 Å². The third kappa shape index (κ3) is 8.33. The van der Waals surface area contributed by atoms with Crippen LogP contribution in [0.4, 0.5) is 0 Å². The molecule has 2 aromatic rings. The van der Waals surface area contributed by atoms with E-state index >= 15 is 0 Å². The van der Waals surface area contributed by atoms with Crippen LogP contribution in [0.3, 0.4) is 0 Å². The first-order valence-electron chi connectivity index (χ1n) is 11.1. The standard InChI is InChI=1S/C26H31NO6/c1-19(2)17-31-23-14-21(5-4-8-27-9-11-30-12-10-27)15-24(16-23)33-22-6-7-25(20(3)13-22)32-18-26(28)29/h6-7,13-16,19H,8-12,17-18H2,1-3H3,(H,28,29). The lowest BCUT2D eigenvalue weighted by molar-refractivity contribution is -0.139. The summed E-state index contributed by atoms with van der Waals surface area (Å²) in [5.41, 5.74) is 1.60. The number of aliphatic carboxylic acids is 1. The zero-order valence-electron chi connectivity index (χ0n) is 19.4. The number of rotatable bonds is 9. The van der Waals surface area contributed by atoms with E-state index in [0.29, 0.717) is 42.1 Å². The summed E-state index contributed by atoms with van der Waals surface area (Å²) in [7, 11) is 0. The summed E-state index contributed by atoms with van der Waals surface area (Å²) >= 11 is 0. The minimum absolute atomic E-state index is 0.386. The Kier molecular flexibility index (Phi) is 8.99. The molecule has 0 saturated carbocycles. The minimum Gasteiger partial charge on any atom is -0.493 e. The van der Waals surface area contributed by atoms with Crippen LogP contribution in [-0.2, 0) is 9.53 Å². The molecule has 2 aromatic carbocycles. The third-order valence-electron chi connectivity index (χ3n) is 4.84. The van der Waals surface area contributed by atoms with Crippen molar-refractivity contribution in [3.63, 3.8) is 0 Å². The number of carbonyl (C=O) groups is 1. The smallest absolute Gasteiger partial charge is 0.341 e. The molecule has 176 valence electrons. The summed E-state index contributed by atoms with van der Waals surface area (Å²) in [6.45, 7) is 10.2. The van der Waals surface area contributed by atoms with Gasteiger partial charge in [-0.15, -0.1) is 0 Å². The van der Waals surface area contributed by atoms with E-state index < -0.39 is 5.97 Å². The molecule has 0 spiro atoms. The molecule has 0 atom stereocenters. The summed E-state index contributed by atoms with van der Waals surface area (Å²) in [6, 6.07) is 10.9. The molecule has 7 nitrogen and oxygen atoms in total. The van der Waals surface area contributed by atoms with Crippen molar-refractivity contribution < 1.29 is 28.8 Å². The van der Waals surface area contributed by atoms with E-state index in [4.69, 9.17) is 24.1 Å². The Labute approximate surface area is 195 Å². The van der Waals surface area contributed by atoms with Gasteiger partial charge in [-0.05, 0) is 48.7 Å². The van der Waals surface area contributed by atoms with Crippen molar-refractivity contribution in [2.24, 2.45) is 5.92 Å². The zero-order chi connectivity index (χ0) is 23.6. The highest BCUT2D eigenvalue weighted by atomic mass is 16.5. The number of nitrogens with zero attached hydrogens (tertiary/aromatic N) is 1. The summed E-state index contributed by atoms with van der Waals surface area (Å²) in [5, 5.41) is 8.80. The molecule has 33 heavy (non-hydrogen) atoms. The Bertz CT molecular complexity index is 1000. The van der Waals surface area contributed by atoms with Gasteiger partial charge in [0, 0.05) is 24.7 Å². The van der Waals surface area contributed by atoms with E-state index in [1.807, 2.05) is 31.2 Å². The van der Waals surface area contributed by atoms with Gasteiger partial charge in [-0.1, -0.05) is 25.7 Å². The van der Waals surface area contributed by atoms with Crippen molar-refractivity contribution in [2.45, 2.75) is 20.8 Å². The van der Waals surface area contributed by atoms with Gasteiger partial charge in [-0.25, -0.2) is 4.79 Å². The van der Waals surface area contributed by atoms with Gasteiger partial charge < -0.3 is 24.1 Å². The monoisotopic (exact) mass is 453 g/mol. The topological polar surface area (TPSA) is 77.5 Å². The number of carboxylic acid groups (broad SMARTS) is 1. The maximum absolute atomic E-state index is 10.7. The first-order chi connectivity index (χ1) is 15.9. The van der Waals surface area contributed by atoms with E-state index in [2.05, 4.69) is 30.6 Å². The molecular weight excluding hydrogens is 422 g/mol. The van der Waals surface area contributed by atoms with E-state index in [-0.39, 0.29) is 6.61 Å². The number of morpholine rings is 1. The van der Waals surface area contributed by atoms with Gasteiger partial charge in [-0.3, -0.25) is 4.90 Å². The SMILES string of the molecule is Cc1cc(Oc2cc(C#CCN3CCOCC3)cc(OCC(C)C)c2)ccc1OCC(=O)O. The van der Waals surface area contributed by atoms with Gasteiger partial charge >= 0.3 is 5.97 Å². The number of aryl methyl sites for hydroxylation is 1. The number of benzene rings is 2. The molecule has 1 heterocycles. The predicted molar refractivity (Wildman–Crippen MR) is 125 cm³/mol. The first kappa shape index (κ1) is 24.4.